The number of aliphatic hydroxyl groups is 1. The van der Waals surface area contributed by atoms with E-state index in [0.29, 0.717) is 12.5 Å². The van der Waals surface area contributed by atoms with Crippen LogP contribution in [0.2, 0.25) is 0 Å². The fourth-order valence-electron chi connectivity index (χ4n) is 2.85. The third-order valence-corrected chi connectivity index (χ3v) is 4.32. The third-order valence-electron chi connectivity index (χ3n) is 4.32. The summed E-state index contributed by atoms with van der Waals surface area (Å²) in [4.78, 5) is 9.09. The van der Waals surface area contributed by atoms with Gasteiger partial charge in [-0.1, -0.05) is 19.3 Å². The number of nitrogens with zero attached hydrogens (tertiary/aromatic N) is 2. The van der Waals surface area contributed by atoms with E-state index >= 15 is 0 Å². The van der Waals surface area contributed by atoms with Gasteiger partial charge in [0.05, 0.1) is 5.60 Å². The molecule has 1 heterocycles. The highest BCUT2D eigenvalue weighted by Gasteiger charge is 2.30. The van der Waals surface area contributed by atoms with Gasteiger partial charge in [-0.3, -0.25) is 0 Å². The summed E-state index contributed by atoms with van der Waals surface area (Å²) < 4.78 is 0. The molecule has 0 aliphatic heterocycles. The normalized spacial score (nSPS) is 21.5. The van der Waals surface area contributed by atoms with E-state index in [-0.39, 0.29) is 0 Å². The van der Waals surface area contributed by atoms with Crippen molar-refractivity contribution in [3.63, 3.8) is 0 Å². The van der Waals surface area contributed by atoms with Gasteiger partial charge in [0.1, 0.15) is 17.5 Å². The summed E-state index contributed by atoms with van der Waals surface area (Å²) in [6, 6.07) is 1.91. The van der Waals surface area contributed by atoms with Crippen LogP contribution in [0.3, 0.4) is 0 Å². The van der Waals surface area contributed by atoms with Crippen LogP contribution in [0, 0.1) is 0 Å². The third kappa shape index (κ3) is 3.20. The van der Waals surface area contributed by atoms with Gasteiger partial charge in [0.15, 0.2) is 0 Å². The molecule has 2 aliphatic carbocycles. The molecule has 0 bridgehead atoms. The van der Waals surface area contributed by atoms with Crippen LogP contribution >= 0.6 is 0 Å². The lowest BCUT2D eigenvalue weighted by Crippen LogP contribution is -2.39. The van der Waals surface area contributed by atoms with Crippen molar-refractivity contribution in [1.82, 2.24) is 9.97 Å². The van der Waals surface area contributed by atoms with Crippen molar-refractivity contribution in [1.29, 1.82) is 0 Å². The Labute approximate surface area is 120 Å². The van der Waals surface area contributed by atoms with E-state index in [9.17, 15) is 5.11 Å². The summed E-state index contributed by atoms with van der Waals surface area (Å²) in [5, 5.41) is 16.9. The first-order chi connectivity index (χ1) is 9.68. The summed E-state index contributed by atoms with van der Waals surface area (Å²) >= 11 is 0. The van der Waals surface area contributed by atoms with Crippen molar-refractivity contribution in [2.75, 3.05) is 24.2 Å². The molecule has 2 saturated carbocycles. The van der Waals surface area contributed by atoms with Gasteiger partial charge in [0.25, 0.3) is 0 Å². The maximum atomic E-state index is 10.5. The molecular formula is C15H24N4O. The number of hydrogen-bond acceptors (Lipinski definition) is 5. The van der Waals surface area contributed by atoms with E-state index in [1.165, 1.54) is 19.3 Å². The van der Waals surface area contributed by atoms with Crippen LogP contribution in [0.4, 0.5) is 11.6 Å². The highest BCUT2D eigenvalue weighted by Crippen LogP contribution is 2.39. The first-order valence-corrected chi connectivity index (χ1v) is 7.71. The van der Waals surface area contributed by atoms with E-state index in [2.05, 4.69) is 20.6 Å². The number of nitrogens with one attached hydrogen (secondary N) is 2. The summed E-state index contributed by atoms with van der Waals surface area (Å²) in [6.07, 6.45) is 7.64. The summed E-state index contributed by atoms with van der Waals surface area (Å²) in [5.41, 5.74) is -0.567. The van der Waals surface area contributed by atoms with Crippen LogP contribution in [0.15, 0.2) is 6.07 Å². The smallest absolute Gasteiger partial charge is 0.136 e. The molecule has 3 rings (SSSR count). The topological polar surface area (TPSA) is 70.1 Å². The molecule has 0 aromatic carbocycles. The lowest BCUT2D eigenvalue weighted by atomic mass is 9.85. The Kier molecular flexibility index (Phi) is 3.78. The fraction of sp³-hybridized carbons (Fsp3) is 0.733. The average Bonchev–Trinajstić information content (AvgIpc) is 3.30. The Balaban J connectivity index is 1.68. The molecule has 0 atom stereocenters. The molecule has 5 nitrogen and oxygen atoms in total. The van der Waals surface area contributed by atoms with E-state index in [4.69, 9.17) is 0 Å². The van der Waals surface area contributed by atoms with Gasteiger partial charge in [0, 0.05) is 25.6 Å². The molecule has 2 aliphatic rings. The second-order valence-electron chi connectivity index (χ2n) is 6.16. The van der Waals surface area contributed by atoms with Crippen LogP contribution < -0.4 is 10.6 Å². The molecule has 1 aromatic rings. The highest BCUT2D eigenvalue weighted by atomic mass is 16.3. The van der Waals surface area contributed by atoms with Crippen molar-refractivity contribution < 1.29 is 5.11 Å². The predicted octanol–water partition coefficient (Wildman–Crippen LogP) is 2.50. The lowest BCUT2D eigenvalue weighted by molar-refractivity contribution is 0.0166. The first kappa shape index (κ1) is 13.6. The molecule has 0 amide bonds. The molecule has 2 fully saturated rings. The van der Waals surface area contributed by atoms with Crippen LogP contribution in [0.1, 0.15) is 56.7 Å². The van der Waals surface area contributed by atoms with Crippen molar-refractivity contribution in [3.8, 4) is 0 Å². The molecular weight excluding hydrogens is 252 g/mol. The van der Waals surface area contributed by atoms with Crippen molar-refractivity contribution in [2.24, 2.45) is 0 Å². The largest absolute Gasteiger partial charge is 0.388 e. The quantitative estimate of drug-likeness (QED) is 0.771. The van der Waals surface area contributed by atoms with Crippen molar-refractivity contribution >= 4 is 11.6 Å². The van der Waals surface area contributed by atoms with Crippen LogP contribution in [0.25, 0.3) is 0 Å². The first-order valence-electron chi connectivity index (χ1n) is 7.71. The predicted molar refractivity (Wildman–Crippen MR) is 80.1 cm³/mol. The maximum Gasteiger partial charge on any atom is 0.136 e. The SMILES string of the molecule is CNc1cc(NCC2(O)CCCCC2)nc(C2CC2)n1. The van der Waals surface area contributed by atoms with E-state index < -0.39 is 5.60 Å². The minimum atomic E-state index is -0.567. The van der Waals surface area contributed by atoms with E-state index in [0.717, 1.165) is 43.1 Å². The fourth-order valence-corrected chi connectivity index (χ4v) is 2.85. The Morgan fingerprint density at radius 1 is 1.20 bits per heavy atom. The van der Waals surface area contributed by atoms with E-state index in [1.54, 1.807) is 0 Å². The molecule has 0 unspecified atom stereocenters. The van der Waals surface area contributed by atoms with Gasteiger partial charge in [-0.2, -0.15) is 0 Å². The molecule has 1 aromatic heterocycles. The van der Waals surface area contributed by atoms with Crippen molar-refractivity contribution in [3.05, 3.63) is 11.9 Å². The highest BCUT2D eigenvalue weighted by molar-refractivity contribution is 5.48. The lowest BCUT2D eigenvalue weighted by Gasteiger charge is -2.32. The summed E-state index contributed by atoms with van der Waals surface area (Å²) in [5.74, 6) is 3.13. The number of hydrogen-bond donors (Lipinski definition) is 3. The molecule has 5 heteroatoms. The second-order valence-corrected chi connectivity index (χ2v) is 6.16. The number of rotatable bonds is 5. The van der Waals surface area contributed by atoms with Gasteiger partial charge in [0.2, 0.25) is 0 Å². The van der Waals surface area contributed by atoms with Crippen LogP contribution in [0.5, 0.6) is 0 Å². The zero-order valence-corrected chi connectivity index (χ0v) is 12.2. The molecule has 0 saturated heterocycles. The molecule has 3 N–H and O–H groups in total. The van der Waals surface area contributed by atoms with Gasteiger partial charge in [-0.15, -0.1) is 0 Å². The van der Waals surface area contributed by atoms with Gasteiger partial charge in [-0.05, 0) is 25.7 Å². The van der Waals surface area contributed by atoms with Gasteiger partial charge >= 0.3 is 0 Å². The van der Waals surface area contributed by atoms with Gasteiger partial charge in [-0.25, -0.2) is 9.97 Å². The standard InChI is InChI=1S/C15H24N4O/c1-16-12-9-13(19-14(18-12)11-5-6-11)17-10-15(20)7-3-2-4-8-15/h9,11,20H,2-8,10H2,1H3,(H2,16,17,18,19). The van der Waals surface area contributed by atoms with Crippen LogP contribution in [-0.4, -0.2) is 34.3 Å². The van der Waals surface area contributed by atoms with Crippen molar-refractivity contribution in [2.45, 2.75) is 56.5 Å². The molecule has 0 spiro atoms. The monoisotopic (exact) mass is 276 g/mol. The number of aromatic nitrogens is 2. The summed E-state index contributed by atoms with van der Waals surface area (Å²) in [7, 11) is 1.87. The second kappa shape index (κ2) is 5.56. The Hall–Kier alpha value is -1.36. The minimum absolute atomic E-state index is 0.529. The molecule has 0 radical (unpaired) electrons. The van der Waals surface area contributed by atoms with E-state index in [1.807, 2.05) is 13.1 Å². The maximum absolute atomic E-state index is 10.5. The average molecular weight is 276 g/mol. The Morgan fingerprint density at radius 2 is 1.90 bits per heavy atom. The zero-order valence-electron chi connectivity index (χ0n) is 12.2. The zero-order chi connectivity index (χ0) is 14.0. The molecule has 20 heavy (non-hydrogen) atoms. The molecule has 110 valence electrons. The number of anilines is 2. The summed E-state index contributed by atoms with van der Waals surface area (Å²) in [6.45, 7) is 0.581. The Bertz CT molecular complexity index is 467. The Morgan fingerprint density at radius 3 is 2.55 bits per heavy atom. The van der Waals surface area contributed by atoms with Crippen LogP contribution in [-0.2, 0) is 0 Å². The van der Waals surface area contributed by atoms with Gasteiger partial charge < -0.3 is 15.7 Å². The minimum Gasteiger partial charge on any atom is -0.388 e.